The monoisotopic (exact) mass is 385 g/mol. The van der Waals surface area contributed by atoms with Crippen molar-refractivity contribution < 1.29 is 9.53 Å². The SMILES string of the molecule is O=C(CCn1cnc2ccccc2c1=O)Nc1ccccc1Oc1ccccc1. The van der Waals surface area contributed by atoms with Gasteiger partial charge in [0.25, 0.3) is 5.56 Å². The van der Waals surface area contributed by atoms with E-state index in [1.165, 1.54) is 10.9 Å². The molecule has 0 atom stereocenters. The minimum atomic E-state index is -0.214. The number of nitrogens with one attached hydrogen (secondary N) is 1. The van der Waals surface area contributed by atoms with Gasteiger partial charge in [0.1, 0.15) is 5.75 Å². The molecule has 4 rings (SSSR count). The molecular formula is C23H19N3O3. The largest absolute Gasteiger partial charge is 0.455 e. The Kier molecular flexibility index (Phi) is 5.33. The highest BCUT2D eigenvalue weighted by Crippen LogP contribution is 2.29. The van der Waals surface area contributed by atoms with Crippen LogP contribution in [-0.4, -0.2) is 15.5 Å². The van der Waals surface area contributed by atoms with E-state index in [1.807, 2.05) is 48.5 Å². The number of hydrogen-bond donors (Lipinski definition) is 1. The zero-order valence-electron chi connectivity index (χ0n) is 15.6. The molecule has 0 spiro atoms. The summed E-state index contributed by atoms with van der Waals surface area (Å²) in [5.41, 5.74) is 1.06. The molecule has 1 amide bonds. The van der Waals surface area contributed by atoms with Gasteiger partial charge in [0, 0.05) is 13.0 Å². The second kappa shape index (κ2) is 8.39. The zero-order valence-corrected chi connectivity index (χ0v) is 15.6. The Balaban J connectivity index is 1.44. The van der Waals surface area contributed by atoms with E-state index in [9.17, 15) is 9.59 Å². The molecule has 6 heteroatoms. The number of aromatic nitrogens is 2. The smallest absolute Gasteiger partial charge is 0.261 e. The molecule has 0 fully saturated rings. The number of ether oxygens (including phenoxy) is 1. The minimum absolute atomic E-state index is 0.138. The predicted molar refractivity (Wildman–Crippen MR) is 112 cm³/mol. The average Bonchev–Trinajstić information content (AvgIpc) is 2.76. The molecule has 1 aromatic heterocycles. The maximum Gasteiger partial charge on any atom is 0.261 e. The zero-order chi connectivity index (χ0) is 20.1. The standard InChI is InChI=1S/C23H19N3O3/c27-22(14-15-26-16-24-19-11-5-4-10-18(19)23(26)28)25-20-12-6-7-13-21(20)29-17-8-2-1-3-9-17/h1-13,16H,14-15H2,(H,25,27). The molecule has 4 aromatic rings. The first kappa shape index (κ1) is 18.4. The van der Waals surface area contributed by atoms with Crippen LogP contribution in [0.2, 0.25) is 0 Å². The second-order valence-corrected chi connectivity index (χ2v) is 6.47. The van der Waals surface area contributed by atoms with E-state index in [0.717, 1.165) is 0 Å². The third-order valence-electron chi connectivity index (χ3n) is 4.44. The van der Waals surface area contributed by atoms with Crippen molar-refractivity contribution in [3.05, 3.63) is 95.5 Å². The highest BCUT2D eigenvalue weighted by Gasteiger charge is 2.10. The lowest BCUT2D eigenvalue weighted by Crippen LogP contribution is -2.23. The quantitative estimate of drug-likeness (QED) is 0.539. The molecule has 0 aliphatic carbocycles. The summed E-state index contributed by atoms with van der Waals surface area (Å²) in [7, 11) is 0. The predicted octanol–water partition coefficient (Wildman–Crippen LogP) is 4.22. The van der Waals surface area contributed by atoms with E-state index in [2.05, 4.69) is 10.3 Å². The third kappa shape index (κ3) is 4.32. The van der Waals surface area contributed by atoms with Gasteiger partial charge in [-0.05, 0) is 36.4 Å². The second-order valence-electron chi connectivity index (χ2n) is 6.47. The van der Waals surface area contributed by atoms with E-state index in [4.69, 9.17) is 4.74 Å². The molecular weight excluding hydrogens is 366 g/mol. The van der Waals surface area contributed by atoms with Crippen LogP contribution in [-0.2, 0) is 11.3 Å². The van der Waals surface area contributed by atoms with E-state index in [1.54, 1.807) is 30.3 Å². The average molecular weight is 385 g/mol. The molecule has 0 saturated carbocycles. The van der Waals surface area contributed by atoms with Crippen LogP contribution in [0.15, 0.2) is 90.0 Å². The minimum Gasteiger partial charge on any atom is -0.455 e. The highest BCUT2D eigenvalue weighted by atomic mass is 16.5. The number of fused-ring (bicyclic) bond motifs is 1. The third-order valence-corrected chi connectivity index (χ3v) is 4.44. The number of anilines is 1. The Morgan fingerprint density at radius 3 is 2.52 bits per heavy atom. The van der Waals surface area contributed by atoms with Crippen molar-refractivity contribution in [1.29, 1.82) is 0 Å². The van der Waals surface area contributed by atoms with Crippen LogP contribution >= 0.6 is 0 Å². The van der Waals surface area contributed by atoms with E-state index in [0.29, 0.717) is 28.1 Å². The summed E-state index contributed by atoms with van der Waals surface area (Å²) in [6.07, 6.45) is 1.62. The first-order chi connectivity index (χ1) is 14.2. The highest BCUT2D eigenvalue weighted by molar-refractivity contribution is 5.92. The molecule has 0 aliphatic rings. The maximum atomic E-state index is 12.5. The number of nitrogens with zero attached hydrogens (tertiary/aromatic N) is 2. The van der Waals surface area contributed by atoms with Crippen LogP contribution in [0.25, 0.3) is 10.9 Å². The number of hydrogen-bond acceptors (Lipinski definition) is 4. The molecule has 0 unspecified atom stereocenters. The van der Waals surface area contributed by atoms with Gasteiger partial charge in [-0.3, -0.25) is 14.2 Å². The lowest BCUT2D eigenvalue weighted by atomic mass is 10.2. The Labute approximate surface area is 167 Å². The van der Waals surface area contributed by atoms with Gasteiger partial charge in [-0.1, -0.05) is 42.5 Å². The molecule has 3 aromatic carbocycles. The van der Waals surface area contributed by atoms with Gasteiger partial charge < -0.3 is 10.1 Å². The Bertz CT molecular complexity index is 1200. The lowest BCUT2D eigenvalue weighted by molar-refractivity contribution is -0.116. The van der Waals surface area contributed by atoms with Crippen molar-refractivity contribution in [2.75, 3.05) is 5.32 Å². The number of benzene rings is 3. The van der Waals surface area contributed by atoms with E-state index in [-0.39, 0.29) is 24.4 Å². The van der Waals surface area contributed by atoms with Crippen LogP contribution in [0.1, 0.15) is 6.42 Å². The number of para-hydroxylation sites is 4. The normalized spacial score (nSPS) is 10.6. The number of carbonyl (C=O) groups is 1. The van der Waals surface area contributed by atoms with Crippen LogP contribution < -0.4 is 15.6 Å². The summed E-state index contributed by atoms with van der Waals surface area (Å²) < 4.78 is 7.31. The molecule has 1 N–H and O–H groups in total. The molecule has 1 heterocycles. The van der Waals surface area contributed by atoms with E-state index >= 15 is 0 Å². The molecule has 0 saturated heterocycles. The van der Waals surface area contributed by atoms with Crippen LogP contribution in [0.5, 0.6) is 11.5 Å². The van der Waals surface area contributed by atoms with Gasteiger partial charge in [-0.15, -0.1) is 0 Å². The van der Waals surface area contributed by atoms with Crippen LogP contribution in [0.3, 0.4) is 0 Å². The van der Waals surface area contributed by atoms with Crippen molar-refractivity contribution in [1.82, 2.24) is 9.55 Å². The molecule has 0 aliphatic heterocycles. The molecule has 0 radical (unpaired) electrons. The van der Waals surface area contributed by atoms with Gasteiger partial charge in [0.15, 0.2) is 5.75 Å². The topological polar surface area (TPSA) is 73.2 Å². The molecule has 0 bridgehead atoms. The van der Waals surface area contributed by atoms with Crippen LogP contribution in [0, 0.1) is 0 Å². The Hall–Kier alpha value is -3.93. The van der Waals surface area contributed by atoms with Crippen molar-refractivity contribution in [3.63, 3.8) is 0 Å². The van der Waals surface area contributed by atoms with Gasteiger partial charge in [-0.2, -0.15) is 0 Å². The fraction of sp³-hybridized carbons (Fsp3) is 0.0870. The first-order valence-electron chi connectivity index (χ1n) is 9.27. The summed E-state index contributed by atoms with van der Waals surface area (Å²) in [5, 5.41) is 3.40. The molecule has 29 heavy (non-hydrogen) atoms. The van der Waals surface area contributed by atoms with E-state index < -0.39 is 0 Å². The van der Waals surface area contributed by atoms with Crippen LogP contribution in [0.4, 0.5) is 5.69 Å². The number of rotatable bonds is 6. The van der Waals surface area contributed by atoms with Crippen molar-refractivity contribution >= 4 is 22.5 Å². The number of carbonyl (C=O) groups excluding carboxylic acids is 1. The fourth-order valence-electron chi connectivity index (χ4n) is 2.97. The Morgan fingerprint density at radius 2 is 1.66 bits per heavy atom. The summed E-state index contributed by atoms with van der Waals surface area (Å²) in [6, 6.07) is 23.8. The summed E-state index contributed by atoms with van der Waals surface area (Å²) >= 11 is 0. The van der Waals surface area contributed by atoms with Gasteiger partial charge in [0.05, 0.1) is 22.9 Å². The fourth-order valence-corrected chi connectivity index (χ4v) is 2.97. The maximum absolute atomic E-state index is 12.5. The first-order valence-corrected chi connectivity index (χ1v) is 9.27. The number of aryl methyl sites for hydroxylation is 1. The van der Waals surface area contributed by atoms with Gasteiger partial charge in [0.2, 0.25) is 5.91 Å². The summed E-state index contributed by atoms with van der Waals surface area (Å²) in [6.45, 7) is 0.240. The molecule has 144 valence electrons. The number of amides is 1. The summed E-state index contributed by atoms with van der Waals surface area (Å²) in [5.74, 6) is 1.02. The molecule has 6 nitrogen and oxygen atoms in total. The summed E-state index contributed by atoms with van der Waals surface area (Å²) in [4.78, 5) is 29.3. The lowest BCUT2D eigenvalue weighted by Gasteiger charge is -2.12. The van der Waals surface area contributed by atoms with Crippen molar-refractivity contribution in [2.24, 2.45) is 0 Å². The van der Waals surface area contributed by atoms with Crippen molar-refractivity contribution in [2.45, 2.75) is 13.0 Å². The Morgan fingerprint density at radius 1 is 0.931 bits per heavy atom. The van der Waals surface area contributed by atoms with Gasteiger partial charge in [-0.25, -0.2) is 4.98 Å². The van der Waals surface area contributed by atoms with Gasteiger partial charge >= 0.3 is 0 Å². The van der Waals surface area contributed by atoms with Crippen molar-refractivity contribution in [3.8, 4) is 11.5 Å².